The molecule has 0 aromatic rings. The first kappa shape index (κ1) is 11.0. The van der Waals surface area contributed by atoms with Gasteiger partial charge in [-0.15, -0.1) is 0 Å². The maximum Gasteiger partial charge on any atom is 0.217 e. The molecule has 0 aromatic heterocycles. The minimum atomic E-state index is -2.97. The third kappa shape index (κ3) is 1.69. The normalized spacial score (nSPS) is 37.6. The SMILES string of the molecule is C[C@@H]1CN2CCC[C@H]2CN1S(=O)(=O)C1CC1. The van der Waals surface area contributed by atoms with Crippen LogP contribution in [0.1, 0.15) is 32.6 Å². The Hall–Kier alpha value is -0.130. The summed E-state index contributed by atoms with van der Waals surface area (Å²) in [5.74, 6) is 0. The molecule has 1 aliphatic carbocycles. The molecule has 0 amide bonds. The minimum absolute atomic E-state index is 0.0529. The van der Waals surface area contributed by atoms with Gasteiger partial charge in [0, 0.05) is 25.2 Å². The topological polar surface area (TPSA) is 40.6 Å². The van der Waals surface area contributed by atoms with Crippen molar-refractivity contribution in [2.45, 2.75) is 49.9 Å². The van der Waals surface area contributed by atoms with Gasteiger partial charge in [0.2, 0.25) is 10.0 Å². The van der Waals surface area contributed by atoms with Crippen molar-refractivity contribution in [1.29, 1.82) is 0 Å². The fraction of sp³-hybridized carbons (Fsp3) is 1.00. The fourth-order valence-corrected chi connectivity index (χ4v) is 5.14. The Balaban J connectivity index is 1.80. The van der Waals surface area contributed by atoms with Crippen molar-refractivity contribution in [2.75, 3.05) is 19.6 Å². The zero-order valence-electron chi connectivity index (χ0n) is 9.80. The van der Waals surface area contributed by atoms with E-state index in [2.05, 4.69) is 11.8 Å². The highest BCUT2D eigenvalue weighted by Gasteiger charge is 2.46. The summed E-state index contributed by atoms with van der Waals surface area (Å²) in [6.45, 7) is 4.87. The second-order valence-electron chi connectivity index (χ2n) is 5.45. The summed E-state index contributed by atoms with van der Waals surface area (Å²) in [4.78, 5) is 2.46. The van der Waals surface area contributed by atoms with Gasteiger partial charge in [0.1, 0.15) is 0 Å². The molecule has 3 fully saturated rings. The fourth-order valence-electron chi connectivity index (χ4n) is 3.07. The van der Waals surface area contributed by atoms with E-state index in [-0.39, 0.29) is 11.3 Å². The van der Waals surface area contributed by atoms with Crippen LogP contribution >= 0.6 is 0 Å². The number of hydrogen-bond acceptors (Lipinski definition) is 3. The van der Waals surface area contributed by atoms with E-state index in [0.29, 0.717) is 6.04 Å². The molecule has 0 N–H and O–H groups in total. The van der Waals surface area contributed by atoms with Crippen molar-refractivity contribution < 1.29 is 8.42 Å². The summed E-state index contributed by atoms with van der Waals surface area (Å²) in [7, 11) is -2.97. The van der Waals surface area contributed by atoms with Crippen LogP contribution in [0.3, 0.4) is 0 Å². The average Bonchev–Trinajstić information content (AvgIpc) is 2.98. The molecule has 4 nitrogen and oxygen atoms in total. The second-order valence-corrected chi connectivity index (χ2v) is 7.62. The largest absolute Gasteiger partial charge is 0.297 e. The van der Waals surface area contributed by atoms with E-state index in [0.717, 1.165) is 32.5 Å². The van der Waals surface area contributed by atoms with Crippen LogP contribution in [0.4, 0.5) is 0 Å². The predicted octanol–water partition coefficient (Wildman–Crippen LogP) is 0.647. The van der Waals surface area contributed by atoms with Gasteiger partial charge >= 0.3 is 0 Å². The molecule has 0 spiro atoms. The van der Waals surface area contributed by atoms with Gasteiger partial charge in [-0.2, -0.15) is 4.31 Å². The molecule has 2 heterocycles. The molecule has 16 heavy (non-hydrogen) atoms. The zero-order chi connectivity index (χ0) is 11.3. The van der Waals surface area contributed by atoms with Crippen LogP contribution in [0.25, 0.3) is 0 Å². The molecule has 0 radical (unpaired) electrons. The first-order valence-electron chi connectivity index (χ1n) is 6.34. The van der Waals surface area contributed by atoms with Crippen molar-refractivity contribution in [3.63, 3.8) is 0 Å². The first-order chi connectivity index (χ1) is 7.59. The molecular formula is C11H20N2O2S. The van der Waals surface area contributed by atoms with Gasteiger partial charge in [-0.05, 0) is 39.2 Å². The number of nitrogens with zero attached hydrogens (tertiary/aromatic N) is 2. The summed E-state index contributed by atoms with van der Waals surface area (Å²) in [6, 6.07) is 0.657. The third-order valence-corrected chi connectivity index (χ3v) is 6.63. The maximum absolute atomic E-state index is 12.3. The van der Waals surface area contributed by atoms with Crippen molar-refractivity contribution in [2.24, 2.45) is 0 Å². The Morgan fingerprint density at radius 3 is 2.56 bits per heavy atom. The Labute approximate surface area is 97.7 Å². The van der Waals surface area contributed by atoms with E-state index in [4.69, 9.17) is 0 Å². The van der Waals surface area contributed by atoms with Crippen LogP contribution < -0.4 is 0 Å². The minimum Gasteiger partial charge on any atom is -0.297 e. The first-order valence-corrected chi connectivity index (χ1v) is 7.84. The summed E-state index contributed by atoms with van der Waals surface area (Å²) >= 11 is 0. The van der Waals surface area contributed by atoms with Crippen molar-refractivity contribution in [3.8, 4) is 0 Å². The quantitative estimate of drug-likeness (QED) is 0.716. The predicted molar refractivity (Wildman–Crippen MR) is 62.7 cm³/mol. The highest BCUT2D eigenvalue weighted by Crippen LogP contribution is 2.35. The maximum atomic E-state index is 12.3. The van der Waals surface area contributed by atoms with E-state index in [1.54, 1.807) is 4.31 Å². The van der Waals surface area contributed by atoms with Crippen LogP contribution in [0.15, 0.2) is 0 Å². The Morgan fingerprint density at radius 1 is 1.12 bits per heavy atom. The third-order valence-electron chi connectivity index (χ3n) is 4.15. The van der Waals surface area contributed by atoms with E-state index < -0.39 is 10.0 Å². The van der Waals surface area contributed by atoms with Crippen LogP contribution in [-0.2, 0) is 10.0 Å². The van der Waals surface area contributed by atoms with E-state index >= 15 is 0 Å². The van der Waals surface area contributed by atoms with Gasteiger partial charge in [0.15, 0.2) is 0 Å². The molecule has 0 bridgehead atoms. The summed E-state index contributed by atoms with van der Waals surface area (Å²) in [5, 5.41) is -0.0529. The molecule has 5 heteroatoms. The molecule has 3 aliphatic rings. The Bertz CT molecular complexity index is 377. The lowest BCUT2D eigenvalue weighted by atomic mass is 10.1. The molecule has 2 aliphatic heterocycles. The van der Waals surface area contributed by atoms with Crippen LogP contribution in [-0.4, -0.2) is 54.6 Å². The van der Waals surface area contributed by atoms with Gasteiger partial charge < -0.3 is 0 Å². The highest BCUT2D eigenvalue weighted by atomic mass is 32.2. The number of hydrogen-bond donors (Lipinski definition) is 0. The lowest BCUT2D eigenvalue weighted by molar-refractivity contribution is 0.117. The zero-order valence-corrected chi connectivity index (χ0v) is 10.6. The van der Waals surface area contributed by atoms with E-state index in [1.807, 2.05) is 0 Å². The molecular weight excluding hydrogens is 224 g/mol. The van der Waals surface area contributed by atoms with Crippen LogP contribution in [0.5, 0.6) is 0 Å². The number of sulfonamides is 1. The number of piperazine rings is 1. The molecule has 0 aromatic carbocycles. The van der Waals surface area contributed by atoms with Crippen molar-refractivity contribution in [1.82, 2.24) is 9.21 Å². The smallest absolute Gasteiger partial charge is 0.217 e. The molecule has 3 rings (SSSR count). The summed E-state index contributed by atoms with van der Waals surface area (Å²) in [5.41, 5.74) is 0. The molecule has 0 unspecified atom stereocenters. The van der Waals surface area contributed by atoms with Crippen LogP contribution in [0, 0.1) is 0 Å². The van der Waals surface area contributed by atoms with Gasteiger partial charge in [0.05, 0.1) is 5.25 Å². The number of fused-ring (bicyclic) bond motifs is 1. The standard InChI is InChI=1S/C11H20N2O2S/c1-9-7-12-6-2-3-10(12)8-13(9)16(14,15)11-4-5-11/h9-11H,2-8H2,1H3/t9-,10+/m1/s1. The lowest BCUT2D eigenvalue weighted by Crippen LogP contribution is -2.57. The second kappa shape index (κ2) is 3.68. The summed E-state index contributed by atoms with van der Waals surface area (Å²) in [6.07, 6.45) is 4.15. The molecule has 2 saturated heterocycles. The average molecular weight is 244 g/mol. The van der Waals surface area contributed by atoms with Gasteiger partial charge in [-0.3, -0.25) is 4.90 Å². The molecule has 1 saturated carbocycles. The van der Waals surface area contributed by atoms with Gasteiger partial charge in [0.25, 0.3) is 0 Å². The Morgan fingerprint density at radius 2 is 1.88 bits per heavy atom. The van der Waals surface area contributed by atoms with Crippen molar-refractivity contribution in [3.05, 3.63) is 0 Å². The van der Waals surface area contributed by atoms with E-state index in [1.165, 1.54) is 12.8 Å². The van der Waals surface area contributed by atoms with Crippen LogP contribution in [0.2, 0.25) is 0 Å². The summed E-state index contributed by atoms with van der Waals surface area (Å²) < 4.78 is 26.3. The monoisotopic (exact) mass is 244 g/mol. The Kier molecular flexibility index (Phi) is 2.53. The lowest BCUT2D eigenvalue weighted by Gasteiger charge is -2.41. The van der Waals surface area contributed by atoms with Crippen molar-refractivity contribution >= 4 is 10.0 Å². The number of rotatable bonds is 2. The van der Waals surface area contributed by atoms with Gasteiger partial charge in [-0.1, -0.05) is 0 Å². The molecule has 92 valence electrons. The van der Waals surface area contributed by atoms with Gasteiger partial charge in [-0.25, -0.2) is 8.42 Å². The molecule has 2 atom stereocenters. The highest BCUT2D eigenvalue weighted by molar-refractivity contribution is 7.90. The van der Waals surface area contributed by atoms with E-state index in [9.17, 15) is 8.42 Å².